The van der Waals surface area contributed by atoms with Crippen LogP contribution in [0.5, 0.6) is 0 Å². The molecule has 1 amide bonds. The topological polar surface area (TPSA) is 29.1 Å². The summed E-state index contributed by atoms with van der Waals surface area (Å²) < 4.78 is 85.7. The molecule has 10 heteroatoms. The van der Waals surface area contributed by atoms with Crippen molar-refractivity contribution >= 4 is 23.4 Å². The van der Waals surface area contributed by atoms with Crippen LogP contribution in [0.1, 0.15) is 0 Å². The number of thioether (sulfide) groups is 1. The van der Waals surface area contributed by atoms with Crippen molar-refractivity contribution in [2.24, 2.45) is 0 Å². The Balaban J connectivity index is 2.97. The van der Waals surface area contributed by atoms with Crippen LogP contribution in [0.3, 0.4) is 0 Å². The lowest BCUT2D eigenvalue weighted by Gasteiger charge is -2.19. The normalized spacial score (nSPS) is 12.6. The summed E-state index contributed by atoms with van der Waals surface area (Å²) in [6.07, 6.45) is -6.07. The highest BCUT2D eigenvalue weighted by molar-refractivity contribution is 7.99. The summed E-state index contributed by atoms with van der Waals surface area (Å²) in [7, 11) is 0. The summed E-state index contributed by atoms with van der Waals surface area (Å²) in [6, 6.07) is 4.45. The van der Waals surface area contributed by atoms with Gasteiger partial charge in [-0.15, -0.1) is 0 Å². The number of alkyl halides is 7. The zero-order valence-electron chi connectivity index (χ0n) is 9.35. The van der Waals surface area contributed by atoms with Crippen LogP contribution in [-0.2, 0) is 4.79 Å². The molecule has 20 heavy (non-hydrogen) atoms. The monoisotopic (exact) mass is 321 g/mol. The molecule has 0 spiro atoms. The van der Waals surface area contributed by atoms with Gasteiger partial charge in [0.25, 0.3) is 5.76 Å². The first-order chi connectivity index (χ1) is 9.05. The van der Waals surface area contributed by atoms with Crippen molar-refractivity contribution < 1.29 is 35.5 Å². The number of anilines is 1. The van der Waals surface area contributed by atoms with Gasteiger partial charge in [-0.1, -0.05) is 23.9 Å². The van der Waals surface area contributed by atoms with E-state index in [1.807, 2.05) is 0 Å². The molecule has 1 N–H and O–H groups in total. The fraction of sp³-hybridized carbons (Fsp3) is 0.300. The Morgan fingerprint density at radius 1 is 1.10 bits per heavy atom. The largest absolute Gasteiger partial charge is 0.463 e. The number of benzene rings is 1. The molecule has 0 heterocycles. The maximum Gasteiger partial charge on any atom is 0.463 e. The van der Waals surface area contributed by atoms with Gasteiger partial charge in [0.15, 0.2) is 0 Å². The number of hydrogen-bond donors (Lipinski definition) is 1. The highest BCUT2D eigenvalue weighted by Gasteiger charge is 2.63. The predicted octanol–water partition coefficient (Wildman–Crippen LogP) is 4.14. The third-order valence-corrected chi connectivity index (χ3v) is 2.78. The highest BCUT2D eigenvalue weighted by Crippen LogP contribution is 2.37. The van der Waals surface area contributed by atoms with Gasteiger partial charge in [-0.2, -0.15) is 30.7 Å². The van der Waals surface area contributed by atoms with E-state index in [0.717, 1.165) is 12.1 Å². The van der Waals surface area contributed by atoms with Crippen molar-refractivity contribution in [3.8, 4) is 0 Å². The Labute approximate surface area is 112 Å². The summed E-state index contributed by atoms with van der Waals surface area (Å²) in [5.41, 5.74) is -0.549. The minimum absolute atomic E-state index is 0.0890. The molecule has 0 saturated carbocycles. The summed E-state index contributed by atoms with van der Waals surface area (Å²) in [5.74, 6) is -11.2. The van der Waals surface area contributed by atoms with Crippen LogP contribution in [0.25, 0.3) is 0 Å². The number of hydrogen-bond acceptors (Lipinski definition) is 2. The Bertz CT molecular complexity index is 489. The quantitative estimate of drug-likeness (QED) is 0.667. The maximum atomic E-state index is 12.7. The van der Waals surface area contributed by atoms with E-state index in [4.69, 9.17) is 0 Å². The van der Waals surface area contributed by atoms with E-state index >= 15 is 0 Å². The van der Waals surface area contributed by atoms with Gasteiger partial charge in [-0.05, 0) is 12.1 Å². The summed E-state index contributed by atoms with van der Waals surface area (Å²) in [6.45, 7) is 0. The summed E-state index contributed by atoms with van der Waals surface area (Å²) in [4.78, 5) is 10.6. The molecule has 0 aromatic heterocycles. The van der Waals surface area contributed by atoms with Crippen molar-refractivity contribution in [3.63, 3.8) is 0 Å². The van der Waals surface area contributed by atoms with E-state index in [1.54, 1.807) is 0 Å². The number of rotatable bonds is 4. The van der Waals surface area contributed by atoms with Crippen LogP contribution in [0.2, 0.25) is 0 Å². The van der Waals surface area contributed by atoms with Gasteiger partial charge in [0.2, 0.25) is 0 Å². The van der Waals surface area contributed by atoms with Gasteiger partial charge < -0.3 is 5.32 Å². The molecule has 0 radical (unpaired) electrons. The minimum atomic E-state index is -6.07. The van der Waals surface area contributed by atoms with Crippen molar-refractivity contribution in [2.45, 2.75) is 22.8 Å². The molecule has 2 nitrogen and oxygen atoms in total. The first kappa shape index (κ1) is 16.6. The van der Waals surface area contributed by atoms with E-state index in [1.165, 1.54) is 17.4 Å². The molecule has 1 rings (SSSR count). The van der Waals surface area contributed by atoms with Crippen molar-refractivity contribution in [2.75, 3.05) is 5.32 Å². The smallest absolute Gasteiger partial charge is 0.319 e. The molecular formula is C10H6F7NOS. The van der Waals surface area contributed by atoms with E-state index in [2.05, 4.69) is 0 Å². The molecule has 0 fully saturated rings. The van der Waals surface area contributed by atoms with Crippen LogP contribution >= 0.6 is 11.8 Å². The third kappa shape index (κ3) is 3.78. The minimum Gasteiger partial charge on any atom is -0.319 e. The zero-order valence-corrected chi connectivity index (χ0v) is 10.2. The molecule has 0 saturated heterocycles. The van der Waals surface area contributed by atoms with Gasteiger partial charge in [-0.3, -0.25) is 4.79 Å². The van der Waals surface area contributed by atoms with Gasteiger partial charge in [-0.25, -0.2) is 0 Å². The Morgan fingerprint density at radius 2 is 1.65 bits per heavy atom. The molecule has 112 valence electrons. The number of carbonyl (C=O) groups excluding carboxylic acids is 1. The fourth-order valence-electron chi connectivity index (χ4n) is 1.10. The average Bonchev–Trinajstić information content (AvgIpc) is 2.29. The molecule has 0 aliphatic heterocycles. The molecule has 0 unspecified atom stereocenters. The molecule has 0 aliphatic carbocycles. The number of carbonyl (C=O) groups is 1. The van der Waals surface area contributed by atoms with E-state index in [-0.39, 0.29) is 16.7 Å². The Morgan fingerprint density at radius 3 is 2.15 bits per heavy atom. The lowest BCUT2D eigenvalue weighted by atomic mass is 10.2. The standard InChI is InChI=1S/C10H6F7NOS/c11-8(12)20-6-4-2-1-3-5(6)18-7(19)9(13,14)10(15,16)17/h1-4,8H,(H,18,19). The second-order valence-electron chi connectivity index (χ2n) is 3.40. The molecule has 1 aromatic carbocycles. The third-order valence-electron chi connectivity index (χ3n) is 1.99. The zero-order chi connectivity index (χ0) is 15.6. The van der Waals surface area contributed by atoms with Gasteiger partial charge in [0.1, 0.15) is 0 Å². The highest BCUT2D eigenvalue weighted by atomic mass is 32.2. The second-order valence-corrected chi connectivity index (χ2v) is 4.43. The van der Waals surface area contributed by atoms with Gasteiger partial charge in [0.05, 0.1) is 5.69 Å². The molecule has 0 bridgehead atoms. The van der Waals surface area contributed by atoms with Crippen molar-refractivity contribution in [1.82, 2.24) is 0 Å². The second kappa shape index (κ2) is 5.90. The van der Waals surface area contributed by atoms with Crippen molar-refractivity contribution in [1.29, 1.82) is 0 Å². The van der Waals surface area contributed by atoms with Crippen LogP contribution < -0.4 is 5.32 Å². The average molecular weight is 321 g/mol. The van der Waals surface area contributed by atoms with E-state index < -0.39 is 29.5 Å². The van der Waals surface area contributed by atoms with E-state index in [0.29, 0.717) is 0 Å². The lowest BCUT2D eigenvalue weighted by molar-refractivity contribution is -0.267. The molecule has 0 atom stereocenters. The number of nitrogens with one attached hydrogen (secondary N) is 1. The number of halogens is 7. The van der Waals surface area contributed by atoms with Crippen LogP contribution in [0.4, 0.5) is 36.4 Å². The van der Waals surface area contributed by atoms with Crippen LogP contribution in [-0.4, -0.2) is 23.8 Å². The van der Waals surface area contributed by atoms with Gasteiger partial charge in [0, 0.05) is 4.90 Å². The van der Waals surface area contributed by atoms with Crippen LogP contribution in [0.15, 0.2) is 29.2 Å². The van der Waals surface area contributed by atoms with Gasteiger partial charge >= 0.3 is 18.0 Å². The molecule has 1 aromatic rings. The Kier molecular flexibility index (Phi) is 4.90. The number of para-hydroxylation sites is 1. The summed E-state index contributed by atoms with van der Waals surface area (Å²) >= 11 is -0.0890. The SMILES string of the molecule is O=C(Nc1ccccc1SC(F)F)C(F)(F)C(F)(F)F. The predicted molar refractivity (Wildman–Crippen MR) is 57.9 cm³/mol. The maximum absolute atomic E-state index is 12.7. The van der Waals surface area contributed by atoms with Crippen molar-refractivity contribution in [3.05, 3.63) is 24.3 Å². The lowest BCUT2D eigenvalue weighted by Crippen LogP contribution is -2.47. The fourth-order valence-corrected chi connectivity index (χ4v) is 1.69. The van der Waals surface area contributed by atoms with Crippen LogP contribution in [0, 0.1) is 0 Å². The number of amides is 1. The first-order valence-corrected chi connectivity index (χ1v) is 5.73. The summed E-state index contributed by atoms with van der Waals surface area (Å²) in [5, 5.41) is 1.30. The molecular weight excluding hydrogens is 315 g/mol. The Hall–Kier alpha value is -1.45. The van der Waals surface area contributed by atoms with E-state index in [9.17, 15) is 35.5 Å². The molecule has 0 aliphatic rings. The first-order valence-electron chi connectivity index (χ1n) is 4.85.